The van der Waals surface area contributed by atoms with Gasteiger partial charge in [-0.3, -0.25) is 4.79 Å². The molecule has 2 heterocycles. The van der Waals surface area contributed by atoms with Crippen LogP contribution in [0.4, 0.5) is 4.39 Å². The summed E-state index contributed by atoms with van der Waals surface area (Å²) in [6.07, 6.45) is 4.64. The van der Waals surface area contributed by atoms with Gasteiger partial charge in [0.25, 0.3) is 5.91 Å². The zero-order valence-electron chi connectivity index (χ0n) is 14.7. The van der Waals surface area contributed by atoms with Crippen LogP contribution in [-0.4, -0.2) is 15.4 Å². The third-order valence-corrected chi connectivity index (χ3v) is 4.98. The van der Waals surface area contributed by atoms with Gasteiger partial charge < -0.3 is 9.47 Å². The van der Waals surface area contributed by atoms with Crippen molar-refractivity contribution in [1.29, 1.82) is 5.26 Å². The number of benzene rings is 2. The van der Waals surface area contributed by atoms with Crippen molar-refractivity contribution in [1.82, 2.24) is 9.47 Å². The predicted octanol–water partition coefficient (Wildman–Crippen LogP) is 4.62. The Kier molecular flexibility index (Phi) is 4.47. The molecular weight excluding hydrogens is 341 g/mol. The number of nitriles is 1. The first kappa shape index (κ1) is 17.0. The van der Waals surface area contributed by atoms with Crippen LogP contribution in [0.3, 0.4) is 0 Å². The number of nitrogens with zero attached hydrogens (tertiary/aromatic N) is 3. The van der Waals surface area contributed by atoms with Crippen molar-refractivity contribution in [3.05, 3.63) is 89.5 Å². The summed E-state index contributed by atoms with van der Waals surface area (Å²) in [7, 11) is 0. The van der Waals surface area contributed by atoms with Gasteiger partial charge in [-0.15, -0.1) is 0 Å². The molecule has 27 heavy (non-hydrogen) atoms. The number of rotatable bonds is 5. The minimum Gasteiger partial charge on any atom is -0.327 e. The first-order valence-electron chi connectivity index (χ1n) is 8.87. The minimum atomic E-state index is -0.405. The Labute approximate surface area is 157 Å². The molecule has 0 radical (unpaired) electrons. The molecule has 0 aliphatic carbocycles. The topological polar surface area (TPSA) is 49.0 Å². The number of carbonyl (C=O) groups excluding carboxylic acids is 1. The number of fused-ring (bicyclic) bond motifs is 1. The highest BCUT2D eigenvalue weighted by Crippen LogP contribution is 2.39. The zero-order valence-corrected chi connectivity index (χ0v) is 14.7. The minimum absolute atomic E-state index is 0.179. The SMILES string of the molecule is N#CCCC1c2c(F)cccc2C(=O)N1Cc1ccc(-n2cccc2)cc1. The number of carbonyl (C=O) groups is 1. The molecule has 0 bridgehead atoms. The fourth-order valence-electron chi connectivity index (χ4n) is 3.67. The van der Waals surface area contributed by atoms with Crippen molar-refractivity contribution in [3.8, 4) is 11.8 Å². The first-order chi connectivity index (χ1) is 13.2. The summed E-state index contributed by atoms with van der Waals surface area (Å²) < 4.78 is 16.4. The van der Waals surface area contributed by atoms with Crippen LogP contribution in [0.5, 0.6) is 0 Å². The Morgan fingerprint density at radius 3 is 2.48 bits per heavy atom. The molecule has 2 aromatic carbocycles. The van der Waals surface area contributed by atoms with Gasteiger partial charge in [0.05, 0.1) is 12.1 Å². The lowest BCUT2D eigenvalue weighted by Gasteiger charge is -2.25. The maximum Gasteiger partial charge on any atom is 0.255 e. The van der Waals surface area contributed by atoms with Crippen LogP contribution in [0, 0.1) is 17.1 Å². The third kappa shape index (κ3) is 3.11. The number of halogens is 1. The second-order valence-corrected chi connectivity index (χ2v) is 6.60. The maximum absolute atomic E-state index is 14.4. The summed E-state index contributed by atoms with van der Waals surface area (Å²) in [5.41, 5.74) is 2.82. The molecule has 3 aromatic rings. The van der Waals surface area contributed by atoms with E-state index in [1.807, 2.05) is 53.4 Å². The second kappa shape index (κ2) is 7.08. The summed E-state index contributed by atoms with van der Waals surface area (Å²) in [4.78, 5) is 14.5. The van der Waals surface area contributed by atoms with E-state index >= 15 is 0 Å². The second-order valence-electron chi connectivity index (χ2n) is 6.60. The Bertz CT molecular complexity index is 1000. The van der Waals surface area contributed by atoms with Crippen LogP contribution in [0.2, 0.25) is 0 Å². The van der Waals surface area contributed by atoms with Crippen LogP contribution >= 0.6 is 0 Å². The molecule has 0 saturated heterocycles. The Balaban J connectivity index is 1.61. The molecule has 0 fully saturated rings. The molecule has 1 atom stereocenters. The number of aromatic nitrogens is 1. The van der Waals surface area contributed by atoms with Crippen LogP contribution in [0.25, 0.3) is 5.69 Å². The van der Waals surface area contributed by atoms with Gasteiger partial charge in [0.1, 0.15) is 5.82 Å². The first-order valence-corrected chi connectivity index (χ1v) is 8.87. The molecule has 0 N–H and O–H groups in total. The van der Waals surface area contributed by atoms with E-state index in [1.165, 1.54) is 6.07 Å². The van der Waals surface area contributed by atoms with Gasteiger partial charge in [0.2, 0.25) is 0 Å². The molecular formula is C22H18FN3O. The standard InChI is InChI=1S/C22H18FN3O/c23-19-6-3-5-18-21(19)20(7-4-12-24)26(22(18)27)15-16-8-10-17(11-9-16)25-13-1-2-14-25/h1-3,5-6,8-11,13-14,20H,4,7,15H2. The molecule has 4 rings (SSSR count). The van der Waals surface area contributed by atoms with Gasteiger partial charge in [-0.2, -0.15) is 5.26 Å². The molecule has 1 aliphatic heterocycles. The zero-order chi connectivity index (χ0) is 18.8. The van der Waals surface area contributed by atoms with E-state index in [9.17, 15) is 9.18 Å². The molecule has 1 aliphatic rings. The monoisotopic (exact) mass is 359 g/mol. The molecule has 1 unspecified atom stereocenters. The van der Waals surface area contributed by atoms with Crippen LogP contribution in [-0.2, 0) is 6.54 Å². The Morgan fingerprint density at radius 1 is 1.04 bits per heavy atom. The quantitative estimate of drug-likeness (QED) is 0.667. The highest BCUT2D eigenvalue weighted by Gasteiger charge is 2.38. The molecule has 5 heteroatoms. The van der Waals surface area contributed by atoms with Crippen LogP contribution in [0.1, 0.15) is 40.4 Å². The summed E-state index contributed by atoms with van der Waals surface area (Å²) in [6, 6.07) is 18.2. The average Bonchev–Trinajstić information content (AvgIpc) is 3.30. The van der Waals surface area contributed by atoms with Crippen molar-refractivity contribution < 1.29 is 9.18 Å². The lowest BCUT2D eigenvalue weighted by atomic mass is 10.00. The largest absolute Gasteiger partial charge is 0.327 e. The van der Waals surface area contributed by atoms with E-state index in [4.69, 9.17) is 5.26 Å². The van der Waals surface area contributed by atoms with Crippen molar-refractivity contribution in [2.24, 2.45) is 0 Å². The highest BCUT2D eigenvalue weighted by atomic mass is 19.1. The van der Waals surface area contributed by atoms with E-state index < -0.39 is 6.04 Å². The predicted molar refractivity (Wildman–Crippen MR) is 99.6 cm³/mol. The van der Waals surface area contributed by atoms with E-state index in [-0.39, 0.29) is 18.1 Å². The van der Waals surface area contributed by atoms with Crippen molar-refractivity contribution in [2.45, 2.75) is 25.4 Å². The number of amides is 1. The summed E-state index contributed by atoms with van der Waals surface area (Å²) >= 11 is 0. The Hall–Kier alpha value is -3.39. The molecule has 4 nitrogen and oxygen atoms in total. The van der Waals surface area contributed by atoms with Gasteiger partial charge in [-0.1, -0.05) is 18.2 Å². The molecule has 0 saturated carbocycles. The van der Waals surface area contributed by atoms with Crippen LogP contribution < -0.4 is 0 Å². The van der Waals surface area contributed by atoms with Gasteiger partial charge >= 0.3 is 0 Å². The molecule has 1 amide bonds. The van der Waals surface area contributed by atoms with E-state index in [2.05, 4.69) is 6.07 Å². The highest BCUT2D eigenvalue weighted by molar-refractivity contribution is 5.99. The van der Waals surface area contributed by atoms with E-state index in [1.54, 1.807) is 17.0 Å². The van der Waals surface area contributed by atoms with Gasteiger partial charge in [-0.25, -0.2) is 4.39 Å². The fourth-order valence-corrected chi connectivity index (χ4v) is 3.67. The van der Waals surface area contributed by atoms with Crippen molar-refractivity contribution in [3.63, 3.8) is 0 Å². The molecule has 1 aromatic heterocycles. The molecule has 134 valence electrons. The smallest absolute Gasteiger partial charge is 0.255 e. The normalized spacial score (nSPS) is 15.6. The summed E-state index contributed by atoms with van der Waals surface area (Å²) in [5.74, 6) is -0.559. The van der Waals surface area contributed by atoms with Crippen molar-refractivity contribution >= 4 is 5.91 Å². The van der Waals surface area contributed by atoms with Crippen molar-refractivity contribution in [2.75, 3.05) is 0 Å². The Morgan fingerprint density at radius 2 is 1.78 bits per heavy atom. The average molecular weight is 359 g/mol. The summed E-state index contributed by atoms with van der Waals surface area (Å²) in [5, 5.41) is 8.96. The van der Waals surface area contributed by atoms with Gasteiger partial charge in [0, 0.05) is 42.2 Å². The third-order valence-electron chi connectivity index (χ3n) is 4.98. The molecule has 0 spiro atoms. The van der Waals surface area contributed by atoms with E-state index in [0.29, 0.717) is 24.1 Å². The summed E-state index contributed by atoms with van der Waals surface area (Å²) in [6.45, 7) is 0.384. The lowest BCUT2D eigenvalue weighted by Crippen LogP contribution is -2.27. The maximum atomic E-state index is 14.4. The van der Waals surface area contributed by atoms with Gasteiger partial charge in [-0.05, 0) is 48.4 Å². The number of hydrogen-bond donors (Lipinski definition) is 0. The van der Waals surface area contributed by atoms with Gasteiger partial charge in [0.15, 0.2) is 0 Å². The number of hydrogen-bond acceptors (Lipinski definition) is 2. The van der Waals surface area contributed by atoms with E-state index in [0.717, 1.165) is 11.3 Å². The fraction of sp³-hybridized carbons (Fsp3) is 0.182. The lowest BCUT2D eigenvalue weighted by molar-refractivity contribution is 0.0702. The van der Waals surface area contributed by atoms with Crippen LogP contribution in [0.15, 0.2) is 67.0 Å².